The lowest BCUT2D eigenvalue weighted by atomic mass is 10.1. The first-order valence-corrected chi connectivity index (χ1v) is 9.63. The van der Waals surface area contributed by atoms with E-state index in [9.17, 15) is 19.2 Å². The summed E-state index contributed by atoms with van der Waals surface area (Å²) in [6.45, 7) is 0.209. The van der Waals surface area contributed by atoms with Crippen LogP contribution in [0.1, 0.15) is 29.6 Å². The molecule has 1 atom stereocenters. The number of aliphatic imine (C=N–C) groups is 1. The second-order valence-corrected chi connectivity index (χ2v) is 6.86. The van der Waals surface area contributed by atoms with E-state index in [4.69, 9.17) is 21.9 Å². The van der Waals surface area contributed by atoms with Gasteiger partial charge >= 0.3 is 0 Å². The molecule has 0 radical (unpaired) electrons. The maximum absolute atomic E-state index is 13.0. The number of nitrogens with two attached hydrogens (primary N) is 3. The van der Waals surface area contributed by atoms with Gasteiger partial charge in [0.15, 0.2) is 5.96 Å². The maximum atomic E-state index is 13.0. The van der Waals surface area contributed by atoms with Crippen molar-refractivity contribution in [3.05, 3.63) is 23.8 Å². The van der Waals surface area contributed by atoms with Gasteiger partial charge in [-0.3, -0.25) is 24.2 Å². The lowest BCUT2D eigenvalue weighted by Crippen LogP contribution is -2.47. The number of amides is 4. The van der Waals surface area contributed by atoms with Gasteiger partial charge in [0, 0.05) is 18.5 Å². The summed E-state index contributed by atoms with van der Waals surface area (Å²) in [5, 5.41) is 5.10. The highest BCUT2D eigenvalue weighted by Crippen LogP contribution is 2.28. The van der Waals surface area contributed by atoms with Crippen LogP contribution in [0.2, 0.25) is 0 Å². The fourth-order valence-corrected chi connectivity index (χ4v) is 3.18. The van der Waals surface area contributed by atoms with Crippen LogP contribution in [0.15, 0.2) is 23.2 Å². The first-order valence-electron chi connectivity index (χ1n) is 9.63. The van der Waals surface area contributed by atoms with Crippen LogP contribution in [0.4, 0.5) is 5.69 Å². The van der Waals surface area contributed by atoms with Gasteiger partial charge in [0.1, 0.15) is 11.8 Å². The van der Waals surface area contributed by atoms with Crippen molar-refractivity contribution < 1.29 is 23.9 Å². The molecule has 8 N–H and O–H groups in total. The molecule has 168 valence electrons. The van der Waals surface area contributed by atoms with Gasteiger partial charge in [0.05, 0.1) is 25.9 Å². The van der Waals surface area contributed by atoms with E-state index >= 15 is 0 Å². The van der Waals surface area contributed by atoms with Gasteiger partial charge in [-0.05, 0) is 31.0 Å². The molecule has 1 saturated heterocycles. The molecule has 1 aromatic rings. The first kappa shape index (κ1) is 23.4. The van der Waals surface area contributed by atoms with Gasteiger partial charge in [-0.25, -0.2) is 0 Å². The van der Waals surface area contributed by atoms with Crippen molar-refractivity contribution in [2.45, 2.75) is 25.3 Å². The molecule has 0 unspecified atom stereocenters. The molecule has 1 aliphatic heterocycles. The lowest BCUT2D eigenvalue weighted by molar-refractivity contribution is -0.127. The van der Waals surface area contributed by atoms with Crippen molar-refractivity contribution in [3.63, 3.8) is 0 Å². The molecule has 1 aromatic carbocycles. The van der Waals surface area contributed by atoms with Crippen molar-refractivity contribution in [3.8, 4) is 5.75 Å². The second-order valence-electron chi connectivity index (χ2n) is 6.86. The number of anilines is 1. The highest BCUT2D eigenvalue weighted by atomic mass is 16.5. The average Bonchev–Trinajstić information content (AvgIpc) is 3.21. The molecular formula is C19H27N7O5. The first-order chi connectivity index (χ1) is 14.7. The molecule has 0 saturated carbocycles. The summed E-state index contributed by atoms with van der Waals surface area (Å²) < 4.78 is 5.25. The van der Waals surface area contributed by atoms with Crippen molar-refractivity contribution in [2.24, 2.45) is 22.2 Å². The van der Waals surface area contributed by atoms with Crippen molar-refractivity contribution >= 4 is 35.3 Å². The number of methoxy groups -OCH3 is 1. The van der Waals surface area contributed by atoms with Crippen LogP contribution >= 0.6 is 0 Å². The number of hydrogen-bond donors (Lipinski definition) is 5. The molecule has 1 aliphatic rings. The maximum Gasteiger partial charge on any atom is 0.254 e. The molecule has 0 spiro atoms. The summed E-state index contributed by atoms with van der Waals surface area (Å²) in [5.74, 6) is -1.60. The molecule has 0 bridgehead atoms. The van der Waals surface area contributed by atoms with E-state index in [1.54, 1.807) is 12.1 Å². The number of ether oxygens (including phenoxy) is 1. The van der Waals surface area contributed by atoms with Crippen LogP contribution in [-0.2, 0) is 14.4 Å². The number of nitrogens with one attached hydrogen (secondary N) is 2. The lowest BCUT2D eigenvalue weighted by Gasteiger charge is -2.24. The van der Waals surface area contributed by atoms with Crippen LogP contribution in [0.25, 0.3) is 0 Å². The number of nitrogens with zero attached hydrogens (tertiary/aromatic N) is 2. The molecule has 12 nitrogen and oxygen atoms in total. The van der Waals surface area contributed by atoms with E-state index in [-0.39, 0.29) is 42.8 Å². The number of guanidine groups is 1. The van der Waals surface area contributed by atoms with E-state index in [0.717, 1.165) is 0 Å². The molecule has 31 heavy (non-hydrogen) atoms. The van der Waals surface area contributed by atoms with Gasteiger partial charge in [0.2, 0.25) is 17.7 Å². The van der Waals surface area contributed by atoms with Gasteiger partial charge in [0.25, 0.3) is 5.91 Å². The summed E-state index contributed by atoms with van der Waals surface area (Å²) in [6, 6.07) is 3.88. The van der Waals surface area contributed by atoms with Crippen molar-refractivity contribution in [1.29, 1.82) is 0 Å². The van der Waals surface area contributed by atoms with Gasteiger partial charge in [-0.15, -0.1) is 0 Å². The molecular weight excluding hydrogens is 406 g/mol. The van der Waals surface area contributed by atoms with Crippen molar-refractivity contribution in [2.75, 3.05) is 32.1 Å². The molecule has 1 fully saturated rings. The smallest absolute Gasteiger partial charge is 0.254 e. The Morgan fingerprint density at radius 3 is 2.61 bits per heavy atom. The van der Waals surface area contributed by atoms with Crippen LogP contribution in [-0.4, -0.2) is 67.3 Å². The summed E-state index contributed by atoms with van der Waals surface area (Å²) in [4.78, 5) is 53.6. The number of likely N-dealkylation sites (tertiary alicyclic amines) is 1. The minimum Gasteiger partial charge on any atom is -0.495 e. The third kappa shape index (κ3) is 6.59. The number of carbonyl (C=O) groups is 4. The van der Waals surface area contributed by atoms with E-state index in [1.165, 1.54) is 18.1 Å². The number of rotatable bonds is 9. The fraction of sp³-hybridized carbons (Fsp3) is 0.421. The van der Waals surface area contributed by atoms with E-state index in [2.05, 4.69) is 15.6 Å². The molecule has 12 heteroatoms. The molecule has 0 aromatic heterocycles. The number of benzene rings is 1. The molecule has 1 heterocycles. The minimum atomic E-state index is -0.702. The van der Waals surface area contributed by atoms with Crippen LogP contribution in [0.3, 0.4) is 0 Å². The zero-order valence-corrected chi connectivity index (χ0v) is 17.2. The van der Waals surface area contributed by atoms with Crippen LogP contribution in [0, 0.1) is 0 Å². The Morgan fingerprint density at radius 1 is 1.23 bits per heavy atom. The monoisotopic (exact) mass is 433 g/mol. The minimum absolute atomic E-state index is 0.0352. The Bertz CT molecular complexity index is 882. The summed E-state index contributed by atoms with van der Waals surface area (Å²) >= 11 is 0. The predicted octanol–water partition coefficient (Wildman–Crippen LogP) is -1.50. The Balaban J connectivity index is 2.14. The predicted molar refractivity (Wildman–Crippen MR) is 113 cm³/mol. The van der Waals surface area contributed by atoms with Gasteiger partial charge < -0.3 is 37.5 Å². The van der Waals surface area contributed by atoms with Crippen LogP contribution in [0.5, 0.6) is 5.75 Å². The Labute approximate surface area is 179 Å². The van der Waals surface area contributed by atoms with E-state index in [0.29, 0.717) is 30.8 Å². The largest absolute Gasteiger partial charge is 0.495 e. The molecule has 0 aliphatic carbocycles. The van der Waals surface area contributed by atoms with Gasteiger partial charge in [-0.1, -0.05) is 0 Å². The number of primary amides is 1. The summed E-state index contributed by atoms with van der Waals surface area (Å²) in [6.07, 6.45) is 1.15. The average molecular weight is 433 g/mol. The Hall–Kier alpha value is -3.83. The molecule has 4 amide bonds. The second kappa shape index (κ2) is 10.8. The SMILES string of the molecule is COc1ccc(C(=O)N2CCC[C@H]2C(=O)NCC(N)=O)cc1NC(=O)CCN=C(N)N. The summed E-state index contributed by atoms with van der Waals surface area (Å²) in [5.41, 5.74) is 16.1. The standard InChI is InChI=1S/C19H27N7O5/c1-31-14-5-4-11(9-12(14)25-16(28)6-7-23-19(21)22)18(30)26-8-2-3-13(26)17(29)24-10-15(20)27/h4-5,9,13H,2-3,6-8,10H2,1H3,(H2,20,27)(H,24,29)(H,25,28)(H4,21,22,23)/t13-/m0/s1. The zero-order chi connectivity index (χ0) is 23.0. The highest BCUT2D eigenvalue weighted by molar-refractivity contribution is 6.01. The Morgan fingerprint density at radius 2 is 1.97 bits per heavy atom. The van der Waals surface area contributed by atoms with Crippen LogP contribution < -0.4 is 32.6 Å². The Kier molecular flexibility index (Phi) is 8.17. The topological polar surface area (TPSA) is 195 Å². The third-order valence-corrected chi connectivity index (χ3v) is 4.61. The third-order valence-electron chi connectivity index (χ3n) is 4.61. The van der Waals surface area contributed by atoms with Crippen molar-refractivity contribution in [1.82, 2.24) is 10.2 Å². The highest BCUT2D eigenvalue weighted by Gasteiger charge is 2.34. The fourth-order valence-electron chi connectivity index (χ4n) is 3.18. The summed E-state index contributed by atoms with van der Waals surface area (Å²) in [7, 11) is 1.44. The number of carbonyl (C=O) groups excluding carboxylic acids is 4. The normalized spacial score (nSPS) is 15.1. The van der Waals surface area contributed by atoms with E-state index < -0.39 is 17.9 Å². The number of hydrogen-bond acceptors (Lipinski definition) is 6. The quantitative estimate of drug-likeness (QED) is 0.231. The molecule has 2 rings (SSSR count). The van der Waals surface area contributed by atoms with Gasteiger partial charge in [-0.2, -0.15) is 0 Å². The van der Waals surface area contributed by atoms with E-state index in [1.807, 2.05) is 0 Å². The zero-order valence-electron chi connectivity index (χ0n) is 17.2.